The molecule has 1 saturated carbocycles. The molecular formula is C15H25NO4. The standard InChI is InChI=1S/C15H25NO4/c1-2-3-4-5-8-12(11-17)15(16,14(18)19)20-13-9-6-7-10-13/h13H,2-10,16H2,1H3,(H,18,19). The summed E-state index contributed by atoms with van der Waals surface area (Å²) in [5.41, 5.74) is 3.88. The van der Waals surface area contributed by atoms with Gasteiger partial charge in [-0.2, -0.15) is 0 Å². The van der Waals surface area contributed by atoms with Crippen molar-refractivity contribution >= 4 is 11.9 Å². The second-order valence-electron chi connectivity index (χ2n) is 5.46. The molecule has 20 heavy (non-hydrogen) atoms. The van der Waals surface area contributed by atoms with Crippen molar-refractivity contribution in [3.63, 3.8) is 0 Å². The van der Waals surface area contributed by atoms with Crippen molar-refractivity contribution in [2.24, 2.45) is 5.73 Å². The smallest absolute Gasteiger partial charge is 0.356 e. The lowest BCUT2D eigenvalue weighted by Crippen LogP contribution is -2.54. The minimum absolute atomic E-state index is 0.0213. The molecule has 0 bridgehead atoms. The molecule has 0 spiro atoms. The normalized spacial score (nSPS) is 18.5. The minimum atomic E-state index is -2.01. The Morgan fingerprint density at radius 2 is 2.00 bits per heavy atom. The van der Waals surface area contributed by atoms with Crippen molar-refractivity contribution in [2.45, 2.75) is 76.5 Å². The first-order valence-electron chi connectivity index (χ1n) is 7.49. The fraction of sp³-hybridized carbons (Fsp3) is 0.800. The van der Waals surface area contributed by atoms with E-state index in [4.69, 9.17) is 10.5 Å². The van der Waals surface area contributed by atoms with E-state index in [1.807, 2.05) is 0 Å². The van der Waals surface area contributed by atoms with Gasteiger partial charge in [0.05, 0.1) is 11.7 Å². The number of hydrogen-bond donors (Lipinski definition) is 2. The molecule has 1 aliphatic carbocycles. The van der Waals surface area contributed by atoms with Crippen LogP contribution in [-0.2, 0) is 14.3 Å². The molecule has 5 nitrogen and oxygen atoms in total. The lowest BCUT2D eigenvalue weighted by Gasteiger charge is -2.29. The van der Waals surface area contributed by atoms with E-state index in [1.54, 1.807) is 5.94 Å². The Kier molecular flexibility index (Phi) is 6.93. The van der Waals surface area contributed by atoms with E-state index in [0.717, 1.165) is 51.4 Å². The highest BCUT2D eigenvalue weighted by molar-refractivity contribution is 5.84. The highest BCUT2D eigenvalue weighted by Gasteiger charge is 2.43. The van der Waals surface area contributed by atoms with Crippen LogP contribution in [0, 0.1) is 0 Å². The van der Waals surface area contributed by atoms with Crippen LogP contribution in [0.1, 0.15) is 64.7 Å². The molecule has 0 saturated heterocycles. The Hall–Kier alpha value is -1.16. The largest absolute Gasteiger partial charge is 0.478 e. The monoisotopic (exact) mass is 283 g/mol. The quantitative estimate of drug-likeness (QED) is 0.385. The molecule has 0 amide bonds. The number of nitrogens with two attached hydrogens (primary N) is 1. The second kappa shape index (κ2) is 8.20. The van der Waals surface area contributed by atoms with Gasteiger partial charge in [-0.1, -0.05) is 39.0 Å². The Morgan fingerprint density at radius 1 is 1.35 bits per heavy atom. The zero-order valence-electron chi connectivity index (χ0n) is 12.2. The van der Waals surface area contributed by atoms with E-state index in [-0.39, 0.29) is 11.7 Å². The number of ether oxygens (including phenoxy) is 1. The third-order valence-corrected chi connectivity index (χ3v) is 3.82. The second-order valence-corrected chi connectivity index (χ2v) is 5.46. The number of carboxylic acid groups (broad SMARTS) is 1. The van der Waals surface area contributed by atoms with Crippen molar-refractivity contribution in [3.8, 4) is 0 Å². The maximum Gasteiger partial charge on any atom is 0.356 e. The number of hydrogen-bond acceptors (Lipinski definition) is 4. The molecule has 1 atom stereocenters. The summed E-state index contributed by atoms with van der Waals surface area (Å²) in [5.74, 6) is 0.404. The summed E-state index contributed by atoms with van der Waals surface area (Å²) in [6, 6.07) is 0. The fourth-order valence-corrected chi connectivity index (χ4v) is 2.56. The molecule has 1 unspecified atom stereocenters. The molecule has 0 aromatic rings. The summed E-state index contributed by atoms with van der Waals surface area (Å²) < 4.78 is 5.55. The summed E-state index contributed by atoms with van der Waals surface area (Å²) in [6.45, 7) is 2.09. The van der Waals surface area contributed by atoms with Crippen molar-refractivity contribution in [1.29, 1.82) is 0 Å². The van der Waals surface area contributed by atoms with Crippen LogP contribution in [0.3, 0.4) is 0 Å². The van der Waals surface area contributed by atoms with Gasteiger partial charge in [0.1, 0.15) is 5.94 Å². The van der Waals surface area contributed by atoms with Crippen LogP contribution in [0.25, 0.3) is 0 Å². The number of rotatable bonds is 9. The van der Waals surface area contributed by atoms with Gasteiger partial charge < -0.3 is 9.84 Å². The zero-order valence-corrected chi connectivity index (χ0v) is 12.2. The van der Waals surface area contributed by atoms with Crippen LogP contribution >= 0.6 is 0 Å². The van der Waals surface area contributed by atoms with Gasteiger partial charge in [0, 0.05) is 0 Å². The Labute approximate surface area is 120 Å². The lowest BCUT2D eigenvalue weighted by atomic mass is 9.98. The lowest BCUT2D eigenvalue weighted by molar-refractivity contribution is -0.166. The van der Waals surface area contributed by atoms with Crippen LogP contribution in [0.2, 0.25) is 0 Å². The molecular weight excluding hydrogens is 258 g/mol. The number of unbranched alkanes of at least 4 members (excludes halogenated alkanes) is 3. The maximum atomic E-state index is 11.4. The SMILES string of the molecule is CCCCCCC(=C=O)C(N)(OC1CCCC1)C(=O)O. The first-order valence-corrected chi connectivity index (χ1v) is 7.49. The van der Waals surface area contributed by atoms with Crippen LogP contribution < -0.4 is 5.73 Å². The molecule has 3 N–H and O–H groups in total. The molecule has 0 radical (unpaired) electrons. The topological polar surface area (TPSA) is 89.6 Å². The number of carbonyl (C=O) groups excluding carboxylic acids is 1. The summed E-state index contributed by atoms with van der Waals surface area (Å²) in [5, 5.41) is 9.35. The van der Waals surface area contributed by atoms with Gasteiger partial charge in [-0.05, 0) is 25.7 Å². The third-order valence-electron chi connectivity index (χ3n) is 3.82. The fourth-order valence-electron chi connectivity index (χ4n) is 2.56. The molecule has 1 fully saturated rings. The van der Waals surface area contributed by atoms with Gasteiger partial charge >= 0.3 is 5.97 Å². The summed E-state index contributed by atoms with van der Waals surface area (Å²) in [7, 11) is 0. The zero-order chi connectivity index (χ0) is 15.0. The van der Waals surface area contributed by atoms with Crippen molar-refractivity contribution in [1.82, 2.24) is 0 Å². The van der Waals surface area contributed by atoms with E-state index >= 15 is 0 Å². The van der Waals surface area contributed by atoms with E-state index in [1.165, 1.54) is 0 Å². The summed E-state index contributed by atoms with van der Waals surface area (Å²) in [4.78, 5) is 22.6. The summed E-state index contributed by atoms with van der Waals surface area (Å²) >= 11 is 0. The highest BCUT2D eigenvalue weighted by Crippen LogP contribution is 2.28. The molecule has 5 heteroatoms. The van der Waals surface area contributed by atoms with Gasteiger partial charge in [0.15, 0.2) is 0 Å². The summed E-state index contributed by atoms with van der Waals surface area (Å²) in [6.07, 6.45) is 7.59. The van der Waals surface area contributed by atoms with Crippen molar-refractivity contribution in [2.75, 3.05) is 0 Å². The van der Waals surface area contributed by atoms with Crippen LogP contribution in [-0.4, -0.2) is 28.8 Å². The third kappa shape index (κ3) is 4.44. The number of carboxylic acids is 1. The van der Waals surface area contributed by atoms with Gasteiger partial charge in [0.25, 0.3) is 0 Å². The van der Waals surface area contributed by atoms with E-state index in [0.29, 0.717) is 6.42 Å². The average Bonchev–Trinajstić information content (AvgIpc) is 2.91. The maximum absolute atomic E-state index is 11.4. The molecule has 0 aliphatic heterocycles. The first kappa shape index (κ1) is 16.9. The van der Waals surface area contributed by atoms with Gasteiger partial charge in [0.2, 0.25) is 5.72 Å². The Balaban J connectivity index is 2.69. The number of carbonyl (C=O) groups is 1. The first-order chi connectivity index (χ1) is 9.54. The van der Waals surface area contributed by atoms with E-state index < -0.39 is 11.7 Å². The van der Waals surface area contributed by atoms with Crippen molar-refractivity contribution in [3.05, 3.63) is 5.57 Å². The van der Waals surface area contributed by atoms with Gasteiger partial charge in [-0.15, -0.1) is 0 Å². The predicted molar refractivity (Wildman–Crippen MR) is 75.9 cm³/mol. The van der Waals surface area contributed by atoms with Gasteiger partial charge in [-0.3, -0.25) is 5.73 Å². The molecule has 0 aromatic heterocycles. The average molecular weight is 283 g/mol. The molecule has 114 valence electrons. The molecule has 1 rings (SSSR count). The van der Waals surface area contributed by atoms with Crippen molar-refractivity contribution < 1.29 is 19.4 Å². The number of aliphatic carboxylic acids is 1. The van der Waals surface area contributed by atoms with E-state index in [9.17, 15) is 14.7 Å². The van der Waals surface area contributed by atoms with Gasteiger partial charge in [-0.25, -0.2) is 9.59 Å². The van der Waals surface area contributed by atoms with Crippen LogP contribution in [0.15, 0.2) is 5.57 Å². The predicted octanol–water partition coefficient (Wildman–Crippen LogP) is 2.41. The molecule has 0 aromatic carbocycles. The van der Waals surface area contributed by atoms with E-state index in [2.05, 4.69) is 6.92 Å². The van der Waals surface area contributed by atoms with Crippen LogP contribution in [0.4, 0.5) is 0 Å². The minimum Gasteiger partial charge on any atom is -0.478 e. The Morgan fingerprint density at radius 3 is 2.50 bits per heavy atom. The highest BCUT2D eigenvalue weighted by atomic mass is 16.5. The van der Waals surface area contributed by atoms with Crippen LogP contribution in [0.5, 0.6) is 0 Å². The Bertz CT molecular complexity index is 370. The molecule has 1 aliphatic rings. The molecule has 0 heterocycles.